The topological polar surface area (TPSA) is 97.7 Å². The van der Waals surface area contributed by atoms with E-state index >= 15 is 0 Å². The number of phenolic OH excluding ortho intramolecular Hbond substituents is 1. The van der Waals surface area contributed by atoms with Crippen LogP contribution in [-0.2, 0) is 25.1 Å². The summed E-state index contributed by atoms with van der Waals surface area (Å²) in [7, 11) is -7.48. The molecule has 0 aromatic heterocycles. The number of aromatic hydroxyl groups is 1. The molecule has 0 radical (unpaired) electrons. The van der Waals surface area contributed by atoms with Crippen LogP contribution in [0.25, 0.3) is 22.3 Å². The third kappa shape index (κ3) is 6.90. The van der Waals surface area contributed by atoms with Gasteiger partial charge in [-0.15, -0.1) is 0 Å². The summed E-state index contributed by atoms with van der Waals surface area (Å²) in [5, 5.41) is 9.50. The van der Waals surface area contributed by atoms with Crippen molar-refractivity contribution in [1.29, 1.82) is 0 Å². The fourth-order valence-corrected chi connectivity index (χ4v) is 7.77. The second-order valence-corrected chi connectivity index (χ2v) is 16.4. The molecule has 242 valence electrons. The zero-order valence-electron chi connectivity index (χ0n) is 26.7. The van der Waals surface area contributed by atoms with Crippen LogP contribution in [0.1, 0.15) is 26.3 Å². The van der Waals surface area contributed by atoms with E-state index < -0.39 is 19.7 Å². The van der Waals surface area contributed by atoms with Crippen molar-refractivity contribution in [2.24, 2.45) is 0 Å². The Kier molecular flexibility index (Phi) is 8.72. The largest absolute Gasteiger partial charge is 0.508 e. The zero-order chi connectivity index (χ0) is 34.1. The predicted octanol–water partition coefficient (Wildman–Crippen LogP) is 9.48. The van der Waals surface area contributed by atoms with E-state index in [4.69, 9.17) is 4.74 Å². The lowest BCUT2D eigenvalue weighted by Crippen LogP contribution is -2.11. The van der Waals surface area contributed by atoms with E-state index in [9.17, 15) is 21.9 Å². The van der Waals surface area contributed by atoms with Gasteiger partial charge in [0.1, 0.15) is 17.2 Å². The van der Waals surface area contributed by atoms with Gasteiger partial charge in [-0.2, -0.15) is 0 Å². The molecule has 0 spiro atoms. The first-order valence-corrected chi connectivity index (χ1v) is 18.3. The summed E-state index contributed by atoms with van der Waals surface area (Å²) in [5.41, 5.74) is 4.43. The minimum atomic E-state index is -3.79. The van der Waals surface area contributed by atoms with E-state index in [2.05, 4.69) is 20.8 Å². The lowest BCUT2D eigenvalue weighted by molar-refractivity contribution is 0.475. The smallest absolute Gasteiger partial charge is 0.206 e. The van der Waals surface area contributed by atoms with Gasteiger partial charge in [0, 0.05) is 0 Å². The SMILES string of the molecule is CC(C)(C)c1ccc(S(=O)(=O)c2ccc(-c3ccc(S(=O)(=O)c4ccc(Oc5ccc(-c6ccc(O)cc6)cc5)cc4)cc3)cc2)cc1. The average molecular weight is 675 g/mol. The van der Waals surface area contributed by atoms with Crippen LogP contribution in [0.3, 0.4) is 0 Å². The van der Waals surface area contributed by atoms with Crippen LogP contribution in [0.5, 0.6) is 17.2 Å². The second kappa shape index (κ2) is 12.8. The first-order valence-electron chi connectivity index (χ1n) is 15.3. The fourth-order valence-electron chi connectivity index (χ4n) is 5.25. The Morgan fingerprint density at radius 1 is 0.417 bits per heavy atom. The van der Waals surface area contributed by atoms with Crippen LogP contribution in [0.4, 0.5) is 0 Å². The molecule has 1 N–H and O–H groups in total. The standard InChI is InChI=1S/C40H34O6S2/c1-40(2,3)32-12-24-38(25-13-32)47(42,43)36-20-8-30(9-21-36)31-10-22-37(23-11-31)48(44,45)39-26-18-35(19-27-39)46-34-16-6-29(7-17-34)28-4-14-33(41)15-5-28/h4-27,41H,1-3H3. The van der Waals surface area contributed by atoms with Crippen molar-refractivity contribution in [3.05, 3.63) is 151 Å². The lowest BCUT2D eigenvalue weighted by Gasteiger charge is -2.19. The number of ether oxygens (including phenoxy) is 1. The fraction of sp³-hybridized carbons (Fsp3) is 0.100. The van der Waals surface area contributed by atoms with Gasteiger partial charge in [0.15, 0.2) is 0 Å². The molecule has 0 unspecified atom stereocenters. The van der Waals surface area contributed by atoms with E-state index in [1.54, 1.807) is 84.9 Å². The van der Waals surface area contributed by atoms with Gasteiger partial charge in [-0.05, 0) is 118 Å². The number of hydrogen-bond acceptors (Lipinski definition) is 6. The Morgan fingerprint density at radius 3 is 1.04 bits per heavy atom. The van der Waals surface area contributed by atoms with Gasteiger partial charge in [0.05, 0.1) is 19.6 Å². The highest BCUT2D eigenvalue weighted by Crippen LogP contribution is 2.31. The molecule has 6 nitrogen and oxygen atoms in total. The molecule has 0 heterocycles. The number of phenols is 1. The van der Waals surface area contributed by atoms with Crippen molar-refractivity contribution in [2.45, 2.75) is 45.8 Å². The minimum Gasteiger partial charge on any atom is -0.508 e. The molecular formula is C40H34O6S2. The van der Waals surface area contributed by atoms with E-state index in [1.807, 2.05) is 48.5 Å². The summed E-state index contributed by atoms with van der Waals surface area (Å²) in [6, 6.07) is 40.7. The summed E-state index contributed by atoms with van der Waals surface area (Å²) >= 11 is 0. The van der Waals surface area contributed by atoms with E-state index in [0.29, 0.717) is 11.5 Å². The van der Waals surface area contributed by atoms with Crippen molar-refractivity contribution in [3.8, 4) is 39.5 Å². The second-order valence-electron chi connectivity index (χ2n) is 12.5. The molecule has 0 aliphatic rings. The highest BCUT2D eigenvalue weighted by Gasteiger charge is 2.21. The molecule has 6 aromatic rings. The van der Waals surface area contributed by atoms with Gasteiger partial charge in [-0.1, -0.05) is 81.4 Å². The van der Waals surface area contributed by atoms with Crippen LogP contribution in [0.15, 0.2) is 165 Å². The predicted molar refractivity (Wildman–Crippen MR) is 188 cm³/mol. The number of hydrogen-bond donors (Lipinski definition) is 1. The van der Waals surface area contributed by atoms with Crippen LogP contribution < -0.4 is 4.74 Å². The molecule has 0 aliphatic heterocycles. The maximum atomic E-state index is 13.4. The molecule has 0 amide bonds. The normalized spacial score (nSPS) is 12.1. The first-order chi connectivity index (χ1) is 22.8. The third-order valence-corrected chi connectivity index (χ3v) is 11.7. The first kappa shape index (κ1) is 32.7. The maximum absolute atomic E-state index is 13.4. The summed E-state index contributed by atoms with van der Waals surface area (Å²) in [5.74, 6) is 1.30. The summed E-state index contributed by atoms with van der Waals surface area (Å²) in [4.78, 5) is 0.698. The van der Waals surface area contributed by atoms with Crippen LogP contribution >= 0.6 is 0 Å². The Balaban J connectivity index is 1.12. The molecule has 8 heteroatoms. The molecule has 48 heavy (non-hydrogen) atoms. The third-order valence-electron chi connectivity index (χ3n) is 8.12. The Labute approximate surface area is 281 Å². The van der Waals surface area contributed by atoms with Gasteiger partial charge in [0.25, 0.3) is 0 Å². The highest BCUT2D eigenvalue weighted by atomic mass is 32.2. The van der Waals surface area contributed by atoms with Crippen molar-refractivity contribution in [3.63, 3.8) is 0 Å². The van der Waals surface area contributed by atoms with Gasteiger partial charge in [-0.3, -0.25) is 0 Å². The summed E-state index contributed by atoms with van der Waals surface area (Å²) < 4.78 is 59.2. The van der Waals surface area contributed by atoms with Crippen LogP contribution in [-0.4, -0.2) is 21.9 Å². The minimum absolute atomic E-state index is 0.0791. The van der Waals surface area contributed by atoms with Gasteiger partial charge in [-0.25, -0.2) is 16.8 Å². The highest BCUT2D eigenvalue weighted by molar-refractivity contribution is 7.91. The molecule has 0 saturated carbocycles. The molecule has 0 atom stereocenters. The zero-order valence-corrected chi connectivity index (χ0v) is 28.3. The number of benzene rings is 6. The van der Waals surface area contributed by atoms with Gasteiger partial charge < -0.3 is 9.84 Å². The Hall–Kier alpha value is -5.18. The summed E-state index contributed by atoms with van der Waals surface area (Å²) in [6.45, 7) is 6.23. The number of rotatable bonds is 8. The van der Waals surface area contributed by atoms with Crippen molar-refractivity contribution in [1.82, 2.24) is 0 Å². The van der Waals surface area contributed by atoms with Crippen molar-refractivity contribution >= 4 is 19.7 Å². The van der Waals surface area contributed by atoms with Crippen molar-refractivity contribution < 1.29 is 26.7 Å². The molecule has 0 fully saturated rings. The molecule has 0 bridgehead atoms. The molecular weight excluding hydrogens is 641 g/mol. The average Bonchev–Trinajstić information content (AvgIpc) is 3.09. The van der Waals surface area contributed by atoms with Gasteiger partial charge >= 0.3 is 0 Å². The van der Waals surface area contributed by atoms with Gasteiger partial charge in [0.2, 0.25) is 19.7 Å². The molecule has 6 rings (SSSR count). The molecule has 0 saturated heterocycles. The monoisotopic (exact) mass is 674 g/mol. The van der Waals surface area contributed by atoms with Crippen LogP contribution in [0.2, 0.25) is 0 Å². The van der Waals surface area contributed by atoms with Crippen LogP contribution in [0, 0.1) is 0 Å². The molecule has 0 aliphatic carbocycles. The molecule has 6 aromatic carbocycles. The van der Waals surface area contributed by atoms with E-state index in [-0.39, 0.29) is 30.7 Å². The Bertz CT molecular complexity index is 2250. The van der Waals surface area contributed by atoms with E-state index in [0.717, 1.165) is 27.8 Å². The van der Waals surface area contributed by atoms with E-state index in [1.165, 1.54) is 12.1 Å². The Morgan fingerprint density at radius 2 is 0.688 bits per heavy atom. The summed E-state index contributed by atoms with van der Waals surface area (Å²) in [6.07, 6.45) is 0. The number of sulfone groups is 2. The lowest BCUT2D eigenvalue weighted by atomic mass is 9.87. The maximum Gasteiger partial charge on any atom is 0.206 e. The quantitative estimate of drug-likeness (QED) is 0.173. The van der Waals surface area contributed by atoms with Crippen molar-refractivity contribution in [2.75, 3.05) is 0 Å².